The number of carbonyl (C=O) groups excluding carboxylic acids is 2. The third-order valence-corrected chi connectivity index (χ3v) is 4.84. The second-order valence-corrected chi connectivity index (χ2v) is 6.80. The molecule has 6 heteroatoms. The number of rotatable bonds is 5. The highest BCUT2D eigenvalue weighted by Crippen LogP contribution is 2.26. The summed E-state index contributed by atoms with van der Waals surface area (Å²) in [7, 11) is 1.50. The van der Waals surface area contributed by atoms with Crippen LogP contribution in [0.4, 0.5) is 0 Å². The summed E-state index contributed by atoms with van der Waals surface area (Å²) in [5.74, 6) is 0.129. The molecule has 0 aliphatic carbocycles. The summed E-state index contributed by atoms with van der Waals surface area (Å²) in [6.45, 7) is 5.53. The minimum absolute atomic E-state index is 0.328. The van der Waals surface area contributed by atoms with E-state index in [0.717, 1.165) is 21.9 Å². The summed E-state index contributed by atoms with van der Waals surface area (Å²) in [4.78, 5) is 25.0. The molecule has 150 valence electrons. The Bertz CT molecular complexity index is 1060. The lowest BCUT2D eigenvalue weighted by atomic mass is 10.1. The number of hydrazine groups is 1. The highest BCUT2D eigenvalue weighted by Gasteiger charge is 2.19. The predicted molar refractivity (Wildman–Crippen MR) is 112 cm³/mol. The average molecular weight is 392 g/mol. The Morgan fingerprint density at radius 3 is 2.28 bits per heavy atom. The Labute approximate surface area is 169 Å². The van der Waals surface area contributed by atoms with Gasteiger partial charge in [0.15, 0.2) is 6.10 Å². The van der Waals surface area contributed by atoms with Crippen molar-refractivity contribution in [3.05, 3.63) is 71.3 Å². The smallest absolute Gasteiger partial charge is 0.279 e. The van der Waals surface area contributed by atoms with Crippen LogP contribution in [0.25, 0.3) is 10.8 Å². The highest BCUT2D eigenvalue weighted by molar-refractivity contribution is 6.02. The zero-order chi connectivity index (χ0) is 21.0. The van der Waals surface area contributed by atoms with Gasteiger partial charge in [0.05, 0.1) is 12.7 Å². The van der Waals surface area contributed by atoms with Crippen LogP contribution in [0.3, 0.4) is 0 Å². The van der Waals surface area contributed by atoms with Gasteiger partial charge < -0.3 is 9.47 Å². The van der Waals surface area contributed by atoms with Crippen molar-refractivity contribution in [3.63, 3.8) is 0 Å². The van der Waals surface area contributed by atoms with Crippen molar-refractivity contribution in [3.8, 4) is 11.5 Å². The van der Waals surface area contributed by atoms with Gasteiger partial charge in [-0.3, -0.25) is 20.4 Å². The number of hydrogen-bond donors (Lipinski definition) is 2. The number of aryl methyl sites for hydroxylation is 1. The molecule has 0 saturated heterocycles. The Balaban J connectivity index is 1.67. The Morgan fingerprint density at radius 2 is 1.59 bits per heavy atom. The van der Waals surface area contributed by atoms with E-state index in [2.05, 4.69) is 10.9 Å². The molecule has 0 saturated carbocycles. The van der Waals surface area contributed by atoms with Crippen molar-refractivity contribution >= 4 is 22.6 Å². The zero-order valence-corrected chi connectivity index (χ0v) is 16.9. The lowest BCUT2D eigenvalue weighted by Gasteiger charge is -2.17. The largest absolute Gasteiger partial charge is 0.496 e. The molecule has 0 bridgehead atoms. The predicted octanol–water partition coefficient (Wildman–Crippen LogP) is 3.69. The fraction of sp³-hybridized carbons (Fsp3) is 0.217. The van der Waals surface area contributed by atoms with Crippen LogP contribution in [0.1, 0.15) is 28.4 Å². The number of hydrogen-bond acceptors (Lipinski definition) is 4. The Morgan fingerprint density at radius 1 is 0.897 bits per heavy atom. The van der Waals surface area contributed by atoms with E-state index in [1.807, 2.05) is 56.3 Å². The molecule has 0 aromatic heterocycles. The monoisotopic (exact) mass is 392 g/mol. The van der Waals surface area contributed by atoms with Gasteiger partial charge in [0.1, 0.15) is 11.5 Å². The van der Waals surface area contributed by atoms with Crippen molar-refractivity contribution in [1.82, 2.24) is 10.9 Å². The molecule has 0 spiro atoms. The van der Waals surface area contributed by atoms with E-state index in [4.69, 9.17) is 9.47 Å². The molecule has 2 N–H and O–H groups in total. The molecule has 0 radical (unpaired) electrons. The molecule has 1 atom stereocenters. The van der Waals surface area contributed by atoms with E-state index in [-0.39, 0.29) is 0 Å². The van der Waals surface area contributed by atoms with Gasteiger partial charge in [-0.25, -0.2) is 0 Å². The van der Waals surface area contributed by atoms with E-state index >= 15 is 0 Å². The number of methoxy groups -OCH3 is 1. The summed E-state index contributed by atoms with van der Waals surface area (Å²) in [6.07, 6.45) is -0.783. The number of amides is 2. The maximum Gasteiger partial charge on any atom is 0.279 e. The minimum Gasteiger partial charge on any atom is -0.496 e. The molecule has 1 unspecified atom stereocenters. The van der Waals surface area contributed by atoms with E-state index in [1.165, 1.54) is 7.11 Å². The maximum atomic E-state index is 12.6. The van der Waals surface area contributed by atoms with Crippen LogP contribution < -0.4 is 20.3 Å². The average Bonchev–Trinajstić information content (AvgIpc) is 2.73. The highest BCUT2D eigenvalue weighted by atomic mass is 16.5. The van der Waals surface area contributed by atoms with Crippen molar-refractivity contribution < 1.29 is 19.1 Å². The van der Waals surface area contributed by atoms with Gasteiger partial charge in [-0.05, 0) is 60.9 Å². The second-order valence-electron chi connectivity index (χ2n) is 6.80. The van der Waals surface area contributed by atoms with Crippen LogP contribution in [0.2, 0.25) is 0 Å². The van der Waals surface area contributed by atoms with E-state index < -0.39 is 17.9 Å². The second kappa shape index (κ2) is 8.65. The molecule has 0 heterocycles. The van der Waals surface area contributed by atoms with Crippen LogP contribution in [-0.4, -0.2) is 25.0 Å². The van der Waals surface area contributed by atoms with Gasteiger partial charge in [-0.15, -0.1) is 0 Å². The number of carbonyl (C=O) groups is 2. The minimum atomic E-state index is -0.783. The quantitative estimate of drug-likeness (QED) is 0.649. The molecule has 0 fully saturated rings. The molecule has 29 heavy (non-hydrogen) atoms. The van der Waals surface area contributed by atoms with Gasteiger partial charge in [0, 0.05) is 0 Å². The summed E-state index contributed by atoms with van der Waals surface area (Å²) < 4.78 is 11.1. The van der Waals surface area contributed by atoms with Gasteiger partial charge in [0.25, 0.3) is 11.8 Å². The zero-order valence-electron chi connectivity index (χ0n) is 16.9. The molecular formula is C23H24N2O4. The molecule has 3 aromatic carbocycles. The first-order valence-corrected chi connectivity index (χ1v) is 9.30. The summed E-state index contributed by atoms with van der Waals surface area (Å²) in [5.41, 5.74) is 7.22. The molecule has 6 nitrogen and oxygen atoms in total. The van der Waals surface area contributed by atoms with Gasteiger partial charge in [-0.2, -0.15) is 0 Å². The van der Waals surface area contributed by atoms with Crippen molar-refractivity contribution in [2.24, 2.45) is 0 Å². The van der Waals surface area contributed by atoms with Crippen molar-refractivity contribution in [2.75, 3.05) is 7.11 Å². The lowest BCUT2D eigenvalue weighted by Crippen LogP contribution is -2.47. The molecule has 0 aliphatic heterocycles. The van der Waals surface area contributed by atoms with Crippen LogP contribution in [-0.2, 0) is 4.79 Å². The molecule has 2 amide bonds. The maximum absolute atomic E-state index is 12.6. The third kappa shape index (κ3) is 4.48. The summed E-state index contributed by atoms with van der Waals surface area (Å²) in [6, 6.07) is 16.8. The third-order valence-electron chi connectivity index (χ3n) is 4.84. The van der Waals surface area contributed by atoms with Gasteiger partial charge in [-0.1, -0.05) is 36.4 Å². The standard InChI is InChI=1S/C23H24N2O4/c1-14-8-7-11-20(15(14)2)29-16(3)22(26)24-25-23(27)19-12-17-9-5-6-10-18(17)13-21(19)28-4/h5-13,16H,1-4H3,(H,24,26)(H,25,27). The van der Waals surface area contributed by atoms with E-state index in [9.17, 15) is 9.59 Å². The van der Waals surface area contributed by atoms with Crippen LogP contribution in [0, 0.1) is 13.8 Å². The van der Waals surface area contributed by atoms with Crippen molar-refractivity contribution in [1.29, 1.82) is 0 Å². The number of benzene rings is 3. The number of fused-ring (bicyclic) bond motifs is 1. The Hall–Kier alpha value is -3.54. The van der Waals surface area contributed by atoms with Gasteiger partial charge >= 0.3 is 0 Å². The SMILES string of the molecule is COc1cc2ccccc2cc1C(=O)NNC(=O)C(C)Oc1cccc(C)c1C. The van der Waals surface area contributed by atoms with Crippen LogP contribution in [0.15, 0.2) is 54.6 Å². The number of ether oxygens (including phenoxy) is 2. The Kier molecular flexibility index (Phi) is 6.02. The van der Waals surface area contributed by atoms with E-state index in [0.29, 0.717) is 17.1 Å². The first-order chi connectivity index (χ1) is 13.9. The van der Waals surface area contributed by atoms with E-state index in [1.54, 1.807) is 19.1 Å². The van der Waals surface area contributed by atoms with Gasteiger partial charge in [0.2, 0.25) is 0 Å². The molecule has 3 rings (SSSR count). The summed E-state index contributed by atoms with van der Waals surface area (Å²) in [5, 5.41) is 1.86. The normalized spacial score (nSPS) is 11.6. The van der Waals surface area contributed by atoms with Crippen molar-refractivity contribution in [2.45, 2.75) is 26.9 Å². The molecule has 3 aromatic rings. The molecular weight excluding hydrogens is 368 g/mol. The first kappa shape index (κ1) is 20.2. The molecule has 0 aliphatic rings. The fourth-order valence-electron chi connectivity index (χ4n) is 2.95. The van der Waals surface area contributed by atoms with Crippen LogP contribution >= 0.6 is 0 Å². The fourth-order valence-corrected chi connectivity index (χ4v) is 2.95. The first-order valence-electron chi connectivity index (χ1n) is 9.30. The van der Waals surface area contributed by atoms with Crippen LogP contribution in [0.5, 0.6) is 11.5 Å². The topological polar surface area (TPSA) is 76.7 Å². The summed E-state index contributed by atoms with van der Waals surface area (Å²) >= 11 is 0. The lowest BCUT2D eigenvalue weighted by molar-refractivity contribution is -0.128. The number of nitrogens with one attached hydrogen (secondary N) is 2.